The van der Waals surface area contributed by atoms with E-state index in [9.17, 15) is 4.79 Å². The molecule has 0 aliphatic heterocycles. The number of rotatable bonds is 3. The standard InChI is InChI=1S/C10H12ClNO2/c1-3-4-7-5-6-8(9(11)12-7)10(13)14-2/h5-6H,3-4H2,1-2H3. The summed E-state index contributed by atoms with van der Waals surface area (Å²) in [6.45, 7) is 2.06. The van der Waals surface area contributed by atoms with Crippen LogP contribution in [0.15, 0.2) is 12.1 Å². The molecule has 4 heteroatoms. The second-order valence-corrected chi connectivity index (χ2v) is 3.24. The molecular weight excluding hydrogens is 202 g/mol. The van der Waals surface area contributed by atoms with Gasteiger partial charge in [0.1, 0.15) is 5.15 Å². The Bertz CT molecular complexity index is 339. The molecule has 76 valence electrons. The van der Waals surface area contributed by atoms with E-state index in [1.807, 2.05) is 0 Å². The number of esters is 1. The molecule has 0 fully saturated rings. The van der Waals surface area contributed by atoms with Gasteiger partial charge in [0.2, 0.25) is 0 Å². The highest BCUT2D eigenvalue weighted by Crippen LogP contribution is 2.15. The van der Waals surface area contributed by atoms with Crippen molar-refractivity contribution in [3.8, 4) is 0 Å². The number of ether oxygens (including phenoxy) is 1. The fourth-order valence-corrected chi connectivity index (χ4v) is 1.38. The van der Waals surface area contributed by atoms with Gasteiger partial charge in [-0.05, 0) is 18.6 Å². The van der Waals surface area contributed by atoms with E-state index in [0.717, 1.165) is 18.5 Å². The van der Waals surface area contributed by atoms with Crippen LogP contribution in [-0.4, -0.2) is 18.1 Å². The van der Waals surface area contributed by atoms with Gasteiger partial charge in [-0.15, -0.1) is 0 Å². The monoisotopic (exact) mass is 213 g/mol. The van der Waals surface area contributed by atoms with Crippen molar-refractivity contribution in [2.24, 2.45) is 0 Å². The minimum absolute atomic E-state index is 0.211. The van der Waals surface area contributed by atoms with Gasteiger partial charge >= 0.3 is 5.97 Å². The normalized spacial score (nSPS) is 9.93. The number of hydrogen-bond donors (Lipinski definition) is 0. The number of halogens is 1. The maximum Gasteiger partial charge on any atom is 0.341 e. The first kappa shape index (κ1) is 11.0. The van der Waals surface area contributed by atoms with Crippen LogP contribution < -0.4 is 0 Å². The van der Waals surface area contributed by atoms with Crippen LogP contribution in [0.5, 0.6) is 0 Å². The van der Waals surface area contributed by atoms with Crippen LogP contribution in [0.25, 0.3) is 0 Å². The lowest BCUT2D eigenvalue weighted by atomic mass is 10.2. The second kappa shape index (κ2) is 4.96. The molecule has 0 unspecified atom stereocenters. The van der Waals surface area contributed by atoms with Crippen molar-refractivity contribution < 1.29 is 9.53 Å². The van der Waals surface area contributed by atoms with Gasteiger partial charge < -0.3 is 4.74 Å². The molecule has 0 aromatic carbocycles. The van der Waals surface area contributed by atoms with Gasteiger partial charge in [0.25, 0.3) is 0 Å². The number of pyridine rings is 1. The highest BCUT2D eigenvalue weighted by Gasteiger charge is 2.11. The van der Waals surface area contributed by atoms with Gasteiger partial charge in [-0.1, -0.05) is 24.9 Å². The fourth-order valence-electron chi connectivity index (χ4n) is 1.13. The summed E-state index contributed by atoms with van der Waals surface area (Å²) >= 11 is 5.83. The molecule has 0 saturated carbocycles. The second-order valence-electron chi connectivity index (χ2n) is 2.88. The van der Waals surface area contributed by atoms with Crippen molar-refractivity contribution in [1.29, 1.82) is 0 Å². The topological polar surface area (TPSA) is 39.2 Å². The molecule has 0 saturated heterocycles. The lowest BCUT2D eigenvalue weighted by Crippen LogP contribution is -2.04. The van der Waals surface area contributed by atoms with Crippen molar-refractivity contribution in [2.45, 2.75) is 19.8 Å². The minimum Gasteiger partial charge on any atom is -0.465 e. The first-order valence-corrected chi connectivity index (χ1v) is 4.80. The Morgan fingerprint density at radius 2 is 2.29 bits per heavy atom. The molecule has 0 amide bonds. The molecule has 0 radical (unpaired) electrons. The molecule has 0 aliphatic carbocycles. The predicted octanol–water partition coefficient (Wildman–Crippen LogP) is 2.47. The van der Waals surface area contributed by atoms with Crippen molar-refractivity contribution in [1.82, 2.24) is 4.98 Å². The zero-order chi connectivity index (χ0) is 10.6. The van der Waals surface area contributed by atoms with E-state index in [2.05, 4.69) is 16.6 Å². The van der Waals surface area contributed by atoms with Crippen LogP contribution in [0.1, 0.15) is 29.4 Å². The summed E-state index contributed by atoms with van der Waals surface area (Å²) in [5, 5.41) is 0.211. The summed E-state index contributed by atoms with van der Waals surface area (Å²) in [5.74, 6) is -0.453. The number of aryl methyl sites for hydroxylation is 1. The molecule has 0 spiro atoms. The van der Waals surface area contributed by atoms with E-state index in [1.54, 1.807) is 12.1 Å². The third kappa shape index (κ3) is 2.45. The Morgan fingerprint density at radius 1 is 1.57 bits per heavy atom. The minimum atomic E-state index is -0.453. The van der Waals surface area contributed by atoms with Gasteiger partial charge in [-0.3, -0.25) is 0 Å². The van der Waals surface area contributed by atoms with Gasteiger partial charge in [-0.25, -0.2) is 9.78 Å². The first-order valence-electron chi connectivity index (χ1n) is 4.42. The van der Waals surface area contributed by atoms with Gasteiger partial charge in [0, 0.05) is 5.69 Å². The SMILES string of the molecule is CCCc1ccc(C(=O)OC)c(Cl)n1. The summed E-state index contributed by atoms with van der Waals surface area (Å²) in [4.78, 5) is 15.3. The molecule has 1 aromatic rings. The van der Waals surface area contributed by atoms with Crippen LogP contribution in [0, 0.1) is 0 Å². The van der Waals surface area contributed by atoms with Crippen LogP contribution >= 0.6 is 11.6 Å². The third-order valence-electron chi connectivity index (χ3n) is 1.82. The molecule has 1 rings (SSSR count). The van der Waals surface area contributed by atoms with E-state index < -0.39 is 5.97 Å². The Kier molecular flexibility index (Phi) is 3.89. The number of nitrogens with zero attached hydrogens (tertiary/aromatic N) is 1. The lowest BCUT2D eigenvalue weighted by Gasteiger charge is -2.03. The highest BCUT2D eigenvalue weighted by molar-refractivity contribution is 6.32. The number of carbonyl (C=O) groups is 1. The molecule has 1 aromatic heterocycles. The molecule has 0 atom stereocenters. The lowest BCUT2D eigenvalue weighted by molar-refractivity contribution is 0.0600. The van der Waals surface area contributed by atoms with E-state index in [4.69, 9.17) is 11.6 Å². The van der Waals surface area contributed by atoms with Crippen LogP contribution in [0.4, 0.5) is 0 Å². The fraction of sp³-hybridized carbons (Fsp3) is 0.400. The summed E-state index contributed by atoms with van der Waals surface area (Å²) in [6, 6.07) is 3.44. The highest BCUT2D eigenvalue weighted by atomic mass is 35.5. The average molecular weight is 214 g/mol. The average Bonchev–Trinajstić information content (AvgIpc) is 2.17. The van der Waals surface area contributed by atoms with Crippen LogP contribution in [0.3, 0.4) is 0 Å². The largest absolute Gasteiger partial charge is 0.465 e. The third-order valence-corrected chi connectivity index (χ3v) is 2.11. The smallest absolute Gasteiger partial charge is 0.341 e. The van der Waals surface area contributed by atoms with Gasteiger partial charge in [-0.2, -0.15) is 0 Å². The zero-order valence-corrected chi connectivity index (χ0v) is 8.97. The number of carbonyl (C=O) groups excluding carboxylic acids is 1. The van der Waals surface area contributed by atoms with E-state index in [0.29, 0.717) is 5.56 Å². The van der Waals surface area contributed by atoms with Crippen molar-refractivity contribution in [3.63, 3.8) is 0 Å². The Balaban J connectivity index is 2.95. The van der Waals surface area contributed by atoms with E-state index in [1.165, 1.54) is 7.11 Å². The number of methoxy groups -OCH3 is 1. The van der Waals surface area contributed by atoms with Crippen LogP contribution in [0.2, 0.25) is 5.15 Å². The Hall–Kier alpha value is -1.09. The predicted molar refractivity (Wildman–Crippen MR) is 54.6 cm³/mol. The molecule has 0 bridgehead atoms. The quantitative estimate of drug-likeness (QED) is 0.572. The number of hydrogen-bond acceptors (Lipinski definition) is 3. The summed E-state index contributed by atoms with van der Waals surface area (Å²) in [6.07, 6.45) is 1.86. The molecule has 3 nitrogen and oxygen atoms in total. The van der Waals surface area contributed by atoms with Gasteiger partial charge in [0.05, 0.1) is 12.7 Å². The van der Waals surface area contributed by atoms with Crippen LogP contribution in [-0.2, 0) is 11.2 Å². The summed E-state index contributed by atoms with van der Waals surface area (Å²) in [5.41, 5.74) is 1.21. The molecule has 1 heterocycles. The van der Waals surface area contributed by atoms with Crippen molar-refractivity contribution in [2.75, 3.05) is 7.11 Å². The Labute approximate surface area is 88.1 Å². The van der Waals surface area contributed by atoms with Gasteiger partial charge in [0.15, 0.2) is 0 Å². The maximum absolute atomic E-state index is 11.2. The molecule has 0 N–H and O–H groups in total. The number of aromatic nitrogens is 1. The summed E-state index contributed by atoms with van der Waals surface area (Å²) < 4.78 is 4.55. The first-order chi connectivity index (χ1) is 6.69. The molecule has 14 heavy (non-hydrogen) atoms. The summed E-state index contributed by atoms with van der Waals surface area (Å²) in [7, 11) is 1.32. The van der Waals surface area contributed by atoms with Crippen molar-refractivity contribution >= 4 is 17.6 Å². The maximum atomic E-state index is 11.2. The Morgan fingerprint density at radius 3 is 2.79 bits per heavy atom. The van der Waals surface area contributed by atoms with E-state index in [-0.39, 0.29) is 5.15 Å². The van der Waals surface area contributed by atoms with E-state index >= 15 is 0 Å². The molecule has 0 aliphatic rings. The zero-order valence-electron chi connectivity index (χ0n) is 8.21. The molecular formula is C10H12ClNO2. The van der Waals surface area contributed by atoms with Crippen molar-refractivity contribution in [3.05, 3.63) is 28.5 Å².